The molecule has 0 aromatic heterocycles. The largest absolute Gasteiger partial charge is 0.378 e. The second-order valence-electron chi connectivity index (χ2n) is 3.79. The van der Waals surface area contributed by atoms with Gasteiger partial charge < -0.3 is 14.2 Å². The number of nitrogens with one attached hydrogen (secondary N) is 1. The third-order valence-corrected chi connectivity index (χ3v) is 2.59. The quantitative estimate of drug-likeness (QED) is 0.716. The van der Waals surface area contributed by atoms with Crippen LogP contribution in [0.15, 0.2) is 36.4 Å². The molecule has 4 heteroatoms. The zero-order chi connectivity index (χ0) is 13.3. The zero-order valence-corrected chi connectivity index (χ0v) is 11.2. The van der Waals surface area contributed by atoms with Gasteiger partial charge in [-0.25, -0.2) is 0 Å². The van der Waals surface area contributed by atoms with Gasteiger partial charge in [-0.2, -0.15) is 0 Å². The van der Waals surface area contributed by atoms with Crippen molar-refractivity contribution in [1.82, 2.24) is 5.32 Å². The summed E-state index contributed by atoms with van der Waals surface area (Å²) in [5, 5.41) is 3.15. The van der Waals surface area contributed by atoms with E-state index in [1.807, 2.05) is 42.5 Å². The summed E-state index contributed by atoms with van der Waals surface area (Å²) in [5.41, 5.74) is 1.16. The highest BCUT2D eigenvalue weighted by Gasteiger charge is 2.28. The Morgan fingerprint density at radius 2 is 1.78 bits per heavy atom. The predicted molar refractivity (Wildman–Crippen MR) is 72.1 cm³/mol. The third kappa shape index (κ3) is 4.58. The van der Waals surface area contributed by atoms with Crippen molar-refractivity contribution in [3.8, 4) is 0 Å². The van der Waals surface area contributed by atoms with Crippen LogP contribution in [0.2, 0.25) is 0 Å². The van der Waals surface area contributed by atoms with Gasteiger partial charge in [0.2, 0.25) is 0 Å². The summed E-state index contributed by atoms with van der Waals surface area (Å²) in [6, 6.07) is 10.1. The van der Waals surface area contributed by atoms with Gasteiger partial charge in [-0.05, 0) is 5.56 Å². The molecule has 0 aliphatic carbocycles. The number of hydrogen-bond donors (Lipinski definition) is 1. The van der Waals surface area contributed by atoms with E-state index in [4.69, 9.17) is 14.2 Å². The summed E-state index contributed by atoms with van der Waals surface area (Å²) in [7, 11) is 4.77. The number of hydrogen-bond acceptors (Lipinski definition) is 4. The van der Waals surface area contributed by atoms with E-state index in [9.17, 15) is 0 Å². The molecule has 0 bridgehead atoms. The van der Waals surface area contributed by atoms with Gasteiger partial charge in [0.05, 0.1) is 0 Å². The molecule has 0 unspecified atom stereocenters. The summed E-state index contributed by atoms with van der Waals surface area (Å²) < 4.78 is 15.6. The Morgan fingerprint density at radius 1 is 1.11 bits per heavy atom. The van der Waals surface area contributed by atoms with Crippen molar-refractivity contribution in [2.75, 3.05) is 34.5 Å². The maximum atomic E-state index is 5.29. The van der Waals surface area contributed by atoms with Crippen LogP contribution in [0.1, 0.15) is 5.56 Å². The van der Waals surface area contributed by atoms with Crippen LogP contribution in [-0.2, 0) is 14.2 Å². The summed E-state index contributed by atoms with van der Waals surface area (Å²) in [6.45, 7) is 0.944. The fourth-order valence-electron chi connectivity index (χ4n) is 1.56. The van der Waals surface area contributed by atoms with Crippen molar-refractivity contribution in [3.05, 3.63) is 42.0 Å². The molecule has 0 aliphatic rings. The minimum Gasteiger partial charge on any atom is -0.378 e. The highest BCUT2D eigenvalue weighted by atomic mass is 16.7. The maximum Gasteiger partial charge on any atom is 0.251 e. The molecule has 1 aromatic carbocycles. The minimum atomic E-state index is -0.893. The number of benzene rings is 1. The van der Waals surface area contributed by atoms with E-state index in [0.717, 1.165) is 5.56 Å². The van der Waals surface area contributed by atoms with E-state index in [-0.39, 0.29) is 0 Å². The average molecular weight is 251 g/mol. The molecule has 18 heavy (non-hydrogen) atoms. The van der Waals surface area contributed by atoms with E-state index >= 15 is 0 Å². The first-order valence-electron chi connectivity index (χ1n) is 5.82. The lowest BCUT2D eigenvalue weighted by molar-refractivity contribution is -0.249. The Morgan fingerprint density at radius 3 is 2.33 bits per heavy atom. The van der Waals surface area contributed by atoms with E-state index < -0.39 is 5.91 Å². The van der Waals surface area contributed by atoms with Crippen LogP contribution >= 0.6 is 0 Å². The van der Waals surface area contributed by atoms with Gasteiger partial charge in [-0.15, -0.1) is 0 Å². The normalized spacial score (nSPS) is 12.2. The first-order chi connectivity index (χ1) is 8.76. The molecular formula is C14H21NO3. The van der Waals surface area contributed by atoms with Crippen LogP contribution in [0.4, 0.5) is 0 Å². The Labute approximate surface area is 109 Å². The summed E-state index contributed by atoms with van der Waals surface area (Å²) in [5.74, 6) is -0.893. The molecule has 0 amide bonds. The average Bonchev–Trinajstić information content (AvgIpc) is 2.43. The fourth-order valence-corrected chi connectivity index (χ4v) is 1.56. The second-order valence-corrected chi connectivity index (χ2v) is 3.79. The predicted octanol–water partition coefficient (Wildman–Crippen LogP) is 1.88. The SMILES string of the molecule is COCC(NCC=Cc1ccccc1)(OC)OC. The van der Waals surface area contributed by atoms with Crippen molar-refractivity contribution in [3.63, 3.8) is 0 Å². The number of ether oxygens (including phenoxy) is 3. The molecule has 0 atom stereocenters. The molecule has 100 valence electrons. The lowest BCUT2D eigenvalue weighted by atomic mass is 10.2. The number of rotatable bonds is 8. The molecule has 0 saturated carbocycles. The van der Waals surface area contributed by atoms with E-state index in [1.165, 1.54) is 0 Å². The first kappa shape index (κ1) is 14.9. The third-order valence-electron chi connectivity index (χ3n) is 2.59. The molecular weight excluding hydrogens is 230 g/mol. The van der Waals surface area contributed by atoms with Crippen molar-refractivity contribution in [2.45, 2.75) is 5.91 Å². The van der Waals surface area contributed by atoms with Crippen LogP contribution < -0.4 is 5.32 Å². The lowest BCUT2D eigenvalue weighted by Crippen LogP contribution is -2.52. The molecule has 0 heterocycles. The molecule has 1 rings (SSSR count). The first-order valence-corrected chi connectivity index (χ1v) is 5.82. The highest BCUT2D eigenvalue weighted by molar-refractivity contribution is 5.48. The van der Waals surface area contributed by atoms with E-state index in [0.29, 0.717) is 13.2 Å². The van der Waals surface area contributed by atoms with Crippen LogP contribution in [0.5, 0.6) is 0 Å². The van der Waals surface area contributed by atoms with Crippen LogP contribution in [0, 0.1) is 0 Å². The van der Waals surface area contributed by atoms with Crippen LogP contribution in [0.25, 0.3) is 6.08 Å². The maximum absolute atomic E-state index is 5.29. The minimum absolute atomic E-state index is 0.319. The standard InChI is InChI=1S/C14H21NO3/c1-16-12-14(17-2,18-3)15-11-7-10-13-8-5-4-6-9-13/h4-10,15H,11-12H2,1-3H3. The lowest BCUT2D eigenvalue weighted by Gasteiger charge is -2.30. The van der Waals surface area contributed by atoms with Gasteiger partial charge in [0, 0.05) is 27.9 Å². The Hall–Kier alpha value is -1.20. The smallest absolute Gasteiger partial charge is 0.251 e. The molecule has 1 aromatic rings. The van der Waals surface area contributed by atoms with Gasteiger partial charge in [0.25, 0.3) is 5.91 Å². The van der Waals surface area contributed by atoms with Crippen molar-refractivity contribution < 1.29 is 14.2 Å². The monoisotopic (exact) mass is 251 g/mol. The Kier molecular flexibility index (Phi) is 6.60. The van der Waals surface area contributed by atoms with E-state index in [2.05, 4.69) is 5.32 Å². The number of methoxy groups -OCH3 is 3. The Bertz CT molecular complexity index is 347. The van der Waals surface area contributed by atoms with Crippen LogP contribution in [0.3, 0.4) is 0 Å². The zero-order valence-electron chi connectivity index (χ0n) is 11.2. The molecule has 0 saturated heterocycles. The van der Waals surface area contributed by atoms with Crippen molar-refractivity contribution in [1.29, 1.82) is 0 Å². The summed E-state index contributed by atoms with van der Waals surface area (Å²) in [6.07, 6.45) is 4.05. The van der Waals surface area contributed by atoms with Gasteiger partial charge >= 0.3 is 0 Å². The van der Waals surface area contributed by atoms with Crippen LogP contribution in [-0.4, -0.2) is 40.4 Å². The fraction of sp³-hybridized carbons (Fsp3) is 0.429. The van der Waals surface area contributed by atoms with Gasteiger partial charge in [0.15, 0.2) is 0 Å². The molecule has 0 spiro atoms. The topological polar surface area (TPSA) is 39.7 Å². The molecule has 0 radical (unpaired) electrons. The van der Waals surface area contributed by atoms with Gasteiger partial charge in [0.1, 0.15) is 6.61 Å². The molecule has 0 aliphatic heterocycles. The Balaban J connectivity index is 2.46. The molecule has 0 fully saturated rings. The highest BCUT2D eigenvalue weighted by Crippen LogP contribution is 2.07. The summed E-state index contributed by atoms with van der Waals surface area (Å²) >= 11 is 0. The molecule has 4 nitrogen and oxygen atoms in total. The second kappa shape index (κ2) is 8.00. The van der Waals surface area contributed by atoms with Gasteiger partial charge in [-0.3, -0.25) is 5.32 Å². The summed E-state index contributed by atoms with van der Waals surface area (Å²) in [4.78, 5) is 0. The van der Waals surface area contributed by atoms with Gasteiger partial charge in [-0.1, -0.05) is 42.5 Å². The van der Waals surface area contributed by atoms with Crippen molar-refractivity contribution >= 4 is 6.08 Å². The van der Waals surface area contributed by atoms with E-state index in [1.54, 1.807) is 21.3 Å². The molecule has 1 N–H and O–H groups in total. The van der Waals surface area contributed by atoms with Crippen molar-refractivity contribution in [2.24, 2.45) is 0 Å².